The monoisotopic (exact) mass is 310 g/mol. The van der Waals surface area contributed by atoms with E-state index in [1.54, 1.807) is 12.1 Å². The van der Waals surface area contributed by atoms with Gasteiger partial charge in [-0.05, 0) is 24.1 Å². The van der Waals surface area contributed by atoms with E-state index in [1.807, 2.05) is 49.4 Å². The Labute approximate surface area is 134 Å². The first-order valence-corrected chi connectivity index (χ1v) is 7.27. The van der Waals surface area contributed by atoms with Crippen molar-refractivity contribution in [2.24, 2.45) is 5.10 Å². The summed E-state index contributed by atoms with van der Waals surface area (Å²) in [5, 5.41) is 13.0. The van der Waals surface area contributed by atoms with Crippen LogP contribution in [0.3, 0.4) is 0 Å². The number of hydrogen-bond donors (Lipinski definition) is 2. The van der Waals surface area contributed by atoms with Gasteiger partial charge in [0.25, 0.3) is 5.91 Å². The van der Waals surface area contributed by atoms with Crippen LogP contribution in [0, 0.1) is 6.92 Å². The SMILES string of the molecule is Cc1ccccc1C(=O)N/N=C(/CCC(=O)O)c1ccccc1. The van der Waals surface area contributed by atoms with Crippen molar-refractivity contribution in [1.82, 2.24) is 5.43 Å². The van der Waals surface area contributed by atoms with Crippen LogP contribution >= 0.6 is 0 Å². The summed E-state index contributed by atoms with van der Waals surface area (Å²) >= 11 is 0. The Bertz CT molecular complexity index is 724. The maximum absolute atomic E-state index is 12.2. The van der Waals surface area contributed by atoms with E-state index in [0.717, 1.165) is 11.1 Å². The third-order valence-electron chi connectivity index (χ3n) is 3.36. The number of hydrazone groups is 1. The van der Waals surface area contributed by atoms with Gasteiger partial charge < -0.3 is 5.11 Å². The molecule has 0 bridgehead atoms. The van der Waals surface area contributed by atoms with Gasteiger partial charge in [-0.25, -0.2) is 5.43 Å². The average Bonchev–Trinajstić information content (AvgIpc) is 2.55. The molecule has 0 saturated heterocycles. The third-order valence-corrected chi connectivity index (χ3v) is 3.36. The Morgan fingerprint density at radius 2 is 1.65 bits per heavy atom. The first-order chi connectivity index (χ1) is 11.1. The summed E-state index contributed by atoms with van der Waals surface area (Å²) < 4.78 is 0. The first-order valence-electron chi connectivity index (χ1n) is 7.27. The van der Waals surface area contributed by atoms with E-state index in [0.29, 0.717) is 11.3 Å². The molecule has 0 aliphatic rings. The minimum Gasteiger partial charge on any atom is -0.481 e. The number of nitrogens with one attached hydrogen (secondary N) is 1. The van der Waals surface area contributed by atoms with Crippen LogP contribution in [0.1, 0.15) is 34.3 Å². The van der Waals surface area contributed by atoms with Gasteiger partial charge in [0.05, 0.1) is 12.1 Å². The molecule has 5 nitrogen and oxygen atoms in total. The standard InChI is InChI=1S/C18H18N2O3/c1-13-7-5-6-10-15(13)18(23)20-19-16(11-12-17(21)22)14-8-3-2-4-9-14/h2-10H,11-12H2,1H3,(H,20,23)(H,21,22)/b19-16-. The Kier molecular flexibility index (Phi) is 5.63. The number of hydrogen-bond acceptors (Lipinski definition) is 3. The van der Waals surface area contributed by atoms with E-state index in [4.69, 9.17) is 5.11 Å². The molecule has 0 radical (unpaired) electrons. The lowest BCUT2D eigenvalue weighted by atomic mass is 10.1. The summed E-state index contributed by atoms with van der Waals surface area (Å²) in [5.41, 5.74) is 5.24. The van der Waals surface area contributed by atoms with Crippen LogP contribution in [0.2, 0.25) is 0 Å². The van der Waals surface area contributed by atoms with E-state index in [9.17, 15) is 9.59 Å². The topological polar surface area (TPSA) is 78.8 Å². The van der Waals surface area contributed by atoms with Gasteiger partial charge in [0.15, 0.2) is 0 Å². The molecule has 2 rings (SSSR count). The number of carboxylic acid groups (broad SMARTS) is 1. The molecular weight excluding hydrogens is 292 g/mol. The summed E-state index contributed by atoms with van der Waals surface area (Å²) in [5.74, 6) is -1.22. The van der Waals surface area contributed by atoms with Crippen molar-refractivity contribution < 1.29 is 14.7 Å². The quantitative estimate of drug-likeness (QED) is 0.636. The fraction of sp³-hybridized carbons (Fsp3) is 0.167. The molecule has 2 N–H and O–H groups in total. The molecule has 0 aromatic heterocycles. The molecule has 5 heteroatoms. The van der Waals surface area contributed by atoms with E-state index < -0.39 is 5.97 Å². The highest BCUT2D eigenvalue weighted by atomic mass is 16.4. The fourth-order valence-corrected chi connectivity index (χ4v) is 2.13. The van der Waals surface area contributed by atoms with Crippen LogP contribution in [0.4, 0.5) is 0 Å². The number of carbonyl (C=O) groups excluding carboxylic acids is 1. The molecule has 0 aliphatic heterocycles. The Morgan fingerprint density at radius 3 is 2.30 bits per heavy atom. The lowest BCUT2D eigenvalue weighted by Gasteiger charge is -2.08. The number of aryl methyl sites for hydroxylation is 1. The Morgan fingerprint density at radius 1 is 1.00 bits per heavy atom. The lowest BCUT2D eigenvalue weighted by molar-refractivity contribution is -0.136. The molecular formula is C18H18N2O3. The molecule has 0 spiro atoms. The van der Waals surface area contributed by atoms with Crippen molar-refractivity contribution in [3.05, 3.63) is 71.3 Å². The van der Waals surface area contributed by atoms with Gasteiger partial charge in [-0.1, -0.05) is 48.5 Å². The lowest BCUT2D eigenvalue weighted by Crippen LogP contribution is -2.21. The second-order valence-electron chi connectivity index (χ2n) is 5.07. The molecule has 118 valence electrons. The normalized spacial score (nSPS) is 11.1. The van der Waals surface area contributed by atoms with Crippen molar-refractivity contribution in [1.29, 1.82) is 0 Å². The number of benzene rings is 2. The van der Waals surface area contributed by atoms with Gasteiger partial charge in [0.2, 0.25) is 0 Å². The first kappa shape index (κ1) is 16.4. The molecule has 0 fully saturated rings. The Balaban J connectivity index is 2.18. The van der Waals surface area contributed by atoms with Crippen molar-refractivity contribution in [2.75, 3.05) is 0 Å². The van der Waals surface area contributed by atoms with Gasteiger partial charge in [-0.15, -0.1) is 0 Å². The van der Waals surface area contributed by atoms with Crippen molar-refractivity contribution in [3.8, 4) is 0 Å². The fourth-order valence-electron chi connectivity index (χ4n) is 2.13. The van der Waals surface area contributed by atoms with Crippen molar-refractivity contribution in [3.63, 3.8) is 0 Å². The number of carbonyl (C=O) groups is 2. The second kappa shape index (κ2) is 7.89. The minimum absolute atomic E-state index is 0.0477. The second-order valence-corrected chi connectivity index (χ2v) is 5.07. The zero-order chi connectivity index (χ0) is 16.7. The molecule has 1 amide bonds. The van der Waals surface area contributed by atoms with Gasteiger partial charge >= 0.3 is 5.97 Å². The predicted octanol–water partition coefficient (Wildman–Crippen LogP) is 2.99. The van der Waals surface area contributed by atoms with Crippen LogP contribution in [0.25, 0.3) is 0 Å². The van der Waals surface area contributed by atoms with Crippen LogP contribution in [-0.2, 0) is 4.79 Å². The number of nitrogens with zero attached hydrogens (tertiary/aromatic N) is 1. The van der Waals surface area contributed by atoms with E-state index in [-0.39, 0.29) is 18.7 Å². The zero-order valence-corrected chi connectivity index (χ0v) is 12.8. The molecule has 2 aromatic rings. The summed E-state index contributed by atoms with van der Waals surface area (Å²) in [7, 11) is 0. The maximum atomic E-state index is 12.2. The highest BCUT2D eigenvalue weighted by Crippen LogP contribution is 2.09. The van der Waals surface area contributed by atoms with Crippen molar-refractivity contribution in [2.45, 2.75) is 19.8 Å². The Hall–Kier alpha value is -2.95. The minimum atomic E-state index is -0.904. The van der Waals surface area contributed by atoms with Crippen LogP contribution < -0.4 is 5.43 Å². The van der Waals surface area contributed by atoms with Crippen LogP contribution in [0.15, 0.2) is 59.7 Å². The largest absolute Gasteiger partial charge is 0.481 e. The number of rotatable bonds is 6. The van der Waals surface area contributed by atoms with E-state index >= 15 is 0 Å². The number of carboxylic acids is 1. The molecule has 0 saturated carbocycles. The molecule has 0 atom stereocenters. The summed E-state index contributed by atoms with van der Waals surface area (Å²) in [4.78, 5) is 23.0. The summed E-state index contributed by atoms with van der Waals surface area (Å²) in [6, 6.07) is 16.4. The molecule has 2 aromatic carbocycles. The van der Waals surface area contributed by atoms with Gasteiger partial charge in [-0.3, -0.25) is 9.59 Å². The van der Waals surface area contributed by atoms with Crippen LogP contribution in [-0.4, -0.2) is 22.7 Å². The van der Waals surface area contributed by atoms with Crippen molar-refractivity contribution >= 4 is 17.6 Å². The third kappa shape index (κ3) is 4.78. The number of amides is 1. The highest BCUT2D eigenvalue weighted by molar-refractivity contribution is 6.03. The summed E-state index contributed by atoms with van der Waals surface area (Å²) in [6.45, 7) is 1.85. The molecule has 0 unspecified atom stereocenters. The molecule has 0 heterocycles. The maximum Gasteiger partial charge on any atom is 0.303 e. The van der Waals surface area contributed by atoms with E-state index in [2.05, 4.69) is 10.5 Å². The van der Waals surface area contributed by atoms with Gasteiger partial charge in [-0.2, -0.15) is 5.10 Å². The van der Waals surface area contributed by atoms with Gasteiger partial charge in [0.1, 0.15) is 0 Å². The smallest absolute Gasteiger partial charge is 0.303 e. The van der Waals surface area contributed by atoms with Crippen LogP contribution in [0.5, 0.6) is 0 Å². The van der Waals surface area contributed by atoms with Gasteiger partial charge in [0, 0.05) is 12.0 Å². The zero-order valence-electron chi connectivity index (χ0n) is 12.8. The average molecular weight is 310 g/mol. The summed E-state index contributed by atoms with van der Waals surface area (Å²) in [6.07, 6.45) is 0.196. The molecule has 23 heavy (non-hydrogen) atoms. The van der Waals surface area contributed by atoms with E-state index in [1.165, 1.54) is 0 Å². The molecule has 0 aliphatic carbocycles. The highest BCUT2D eigenvalue weighted by Gasteiger charge is 2.10. The number of aliphatic carboxylic acids is 1. The predicted molar refractivity (Wildman–Crippen MR) is 88.5 cm³/mol.